The monoisotopic (exact) mass is 232 g/mol. The molecule has 3 heteroatoms. The molecule has 0 atom stereocenters. The first kappa shape index (κ1) is 14.6. The van der Waals surface area contributed by atoms with Crippen LogP contribution in [0.5, 0.6) is 5.75 Å². The van der Waals surface area contributed by atoms with Crippen molar-refractivity contribution < 1.29 is 29.0 Å². The Morgan fingerprint density at radius 1 is 1.06 bits per heavy atom. The van der Waals surface area contributed by atoms with Crippen LogP contribution in [0.4, 0.5) is 5.69 Å². The van der Waals surface area contributed by atoms with E-state index in [1.807, 2.05) is 19.9 Å². The molecule has 86 valence electrons. The van der Waals surface area contributed by atoms with Crippen LogP contribution >= 0.6 is 0 Å². The number of hydrogen-bond acceptors (Lipinski definition) is 1. The molecule has 1 N–H and O–H groups in total. The summed E-state index contributed by atoms with van der Waals surface area (Å²) in [5.74, 6) is 0.0327. The maximum Gasteiger partial charge on any atom is 1.00 e. The summed E-state index contributed by atoms with van der Waals surface area (Å²) < 4.78 is 0. The van der Waals surface area contributed by atoms with E-state index in [4.69, 9.17) is 0 Å². The van der Waals surface area contributed by atoms with Crippen molar-refractivity contribution in [3.63, 3.8) is 0 Å². The molecule has 18 heavy (non-hydrogen) atoms. The molecule has 0 heterocycles. The first-order valence-electron chi connectivity index (χ1n) is 5.60. The summed E-state index contributed by atoms with van der Waals surface area (Å²) in [6.45, 7) is 4.09. The fraction of sp³-hybridized carbons (Fsp3) is 0.133. The zero-order valence-electron chi connectivity index (χ0n) is 11.0. The van der Waals surface area contributed by atoms with Crippen molar-refractivity contribution in [3.8, 4) is 5.75 Å². The van der Waals surface area contributed by atoms with Crippen molar-refractivity contribution in [2.24, 2.45) is 0 Å². The molecule has 0 fully saturated rings. The van der Waals surface area contributed by atoms with E-state index in [1.54, 1.807) is 24.4 Å². The first-order chi connectivity index (χ1) is 8.16. The van der Waals surface area contributed by atoms with Crippen molar-refractivity contribution in [2.75, 3.05) is 0 Å². The van der Waals surface area contributed by atoms with Gasteiger partial charge in [0.2, 0.25) is 5.69 Å². The molecule has 2 aromatic rings. The molecular formula is C15H15LiNO+. The van der Waals surface area contributed by atoms with E-state index >= 15 is 0 Å². The normalized spacial score (nSPS) is 10.3. The van der Waals surface area contributed by atoms with Crippen LogP contribution in [0.1, 0.15) is 16.7 Å². The predicted molar refractivity (Wildman–Crippen MR) is 67.6 cm³/mol. The Kier molecular flexibility index (Phi) is 5.21. The largest absolute Gasteiger partial charge is 1.00 e. The maximum atomic E-state index is 11.5. The van der Waals surface area contributed by atoms with Gasteiger partial charge in [-0.2, -0.15) is 0 Å². The minimum Gasteiger partial charge on any atom is -0.872 e. The van der Waals surface area contributed by atoms with Gasteiger partial charge in [-0.15, -0.1) is 0 Å². The van der Waals surface area contributed by atoms with Crippen molar-refractivity contribution in [3.05, 3.63) is 59.2 Å². The summed E-state index contributed by atoms with van der Waals surface area (Å²) in [6.07, 6.45) is 1.75. The Labute approximate surface area is 120 Å². The molecule has 2 aromatic carbocycles. The number of nitrogens with one attached hydrogen (secondary N) is 1. The molecule has 0 saturated heterocycles. The van der Waals surface area contributed by atoms with Gasteiger partial charge in [0.05, 0.1) is 0 Å². The third kappa shape index (κ3) is 3.50. The molecule has 0 bridgehead atoms. The van der Waals surface area contributed by atoms with Crippen molar-refractivity contribution in [2.45, 2.75) is 13.8 Å². The molecule has 0 aliphatic heterocycles. The van der Waals surface area contributed by atoms with Gasteiger partial charge >= 0.3 is 18.9 Å². The Morgan fingerprint density at radius 3 is 2.50 bits per heavy atom. The standard InChI is InChI=1S/C15H15NO.Li/c1-11-7-8-12(2)14(9-11)16-10-13-5-3-4-6-15(13)17;/h3-10,17H,1-2H3;/q;+1. The molecule has 2 rings (SSSR count). The topological polar surface area (TPSA) is 37.0 Å². The van der Waals surface area contributed by atoms with Gasteiger partial charge < -0.3 is 5.11 Å². The van der Waals surface area contributed by atoms with E-state index < -0.39 is 0 Å². The summed E-state index contributed by atoms with van der Waals surface area (Å²) >= 11 is 0. The number of hydrogen-bond donors (Lipinski definition) is 1. The quantitative estimate of drug-likeness (QED) is 0.482. The molecule has 0 amide bonds. The molecule has 0 aliphatic carbocycles. The molecule has 2 nitrogen and oxygen atoms in total. The second-order valence-corrected chi connectivity index (χ2v) is 4.14. The second-order valence-electron chi connectivity index (χ2n) is 4.14. The van der Waals surface area contributed by atoms with Gasteiger partial charge in [0.1, 0.15) is 0 Å². The van der Waals surface area contributed by atoms with E-state index in [0.29, 0.717) is 5.56 Å². The van der Waals surface area contributed by atoms with E-state index in [-0.39, 0.29) is 24.6 Å². The fourth-order valence-corrected chi connectivity index (χ4v) is 1.65. The Morgan fingerprint density at radius 2 is 1.78 bits per heavy atom. The van der Waals surface area contributed by atoms with Crippen molar-refractivity contribution >= 4 is 11.9 Å². The summed E-state index contributed by atoms with van der Waals surface area (Å²) in [5, 5.41) is 11.5. The maximum absolute atomic E-state index is 11.5. The molecule has 0 radical (unpaired) electrons. The summed E-state index contributed by atoms with van der Waals surface area (Å²) in [4.78, 5) is 3.19. The second kappa shape index (κ2) is 6.44. The number of rotatable bonds is 2. The van der Waals surface area contributed by atoms with Crippen LogP contribution in [0.3, 0.4) is 0 Å². The number of aryl methyl sites for hydroxylation is 2. The molecule has 0 saturated carbocycles. The number of benzene rings is 2. The predicted octanol–water partition coefficient (Wildman–Crippen LogP) is -1.79. The molecular weight excluding hydrogens is 217 g/mol. The van der Waals surface area contributed by atoms with Gasteiger partial charge in [-0.05, 0) is 25.5 Å². The van der Waals surface area contributed by atoms with Crippen LogP contribution in [0.2, 0.25) is 0 Å². The molecule has 0 aromatic heterocycles. The van der Waals surface area contributed by atoms with Gasteiger partial charge in [0, 0.05) is 17.2 Å². The van der Waals surface area contributed by atoms with Crippen LogP contribution in [0.15, 0.2) is 42.5 Å². The van der Waals surface area contributed by atoms with E-state index in [1.165, 1.54) is 5.56 Å². The average Bonchev–Trinajstić information content (AvgIpc) is 2.32. The Bertz CT molecular complexity index is 564. The van der Waals surface area contributed by atoms with Crippen LogP contribution in [0.25, 0.3) is 0 Å². The van der Waals surface area contributed by atoms with Gasteiger partial charge in [0.25, 0.3) is 0 Å². The smallest absolute Gasteiger partial charge is 0.872 e. The van der Waals surface area contributed by atoms with E-state index in [9.17, 15) is 5.11 Å². The third-order valence-electron chi connectivity index (χ3n) is 2.70. The van der Waals surface area contributed by atoms with Gasteiger partial charge in [-0.25, -0.2) is 4.99 Å². The van der Waals surface area contributed by atoms with E-state index in [2.05, 4.69) is 23.2 Å². The van der Waals surface area contributed by atoms with Crippen molar-refractivity contribution in [1.82, 2.24) is 0 Å². The van der Waals surface area contributed by atoms with Gasteiger partial charge in [-0.1, -0.05) is 36.1 Å². The minimum atomic E-state index is 0. The van der Waals surface area contributed by atoms with Crippen LogP contribution in [-0.4, -0.2) is 6.21 Å². The van der Waals surface area contributed by atoms with Crippen LogP contribution < -0.4 is 29.0 Å². The average molecular weight is 232 g/mol. The van der Waals surface area contributed by atoms with Crippen molar-refractivity contribution in [1.29, 1.82) is 0 Å². The van der Waals surface area contributed by atoms with Crippen LogP contribution in [0, 0.1) is 13.8 Å². The van der Waals surface area contributed by atoms with Crippen LogP contribution in [-0.2, 0) is 0 Å². The third-order valence-corrected chi connectivity index (χ3v) is 2.70. The van der Waals surface area contributed by atoms with E-state index in [0.717, 1.165) is 11.3 Å². The summed E-state index contributed by atoms with van der Waals surface area (Å²) in [5.41, 5.74) is 4.07. The Hall–Kier alpha value is -1.49. The SMILES string of the molecule is Cc1ccc(C)c([NH+]=Cc2ccccc2[O-])c1.[Li+]. The Balaban J connectivity index is 0.00000162. The molecule has 0 aliphatic rings. The fourth-order valence-electron chi connectivity index (χ4n) is 1.65. The zero-order chi connectivity index (χ0) is 12.3. The minimum absolute atomic E-state index is 0. The summed E-state index contributed by atoms with van der Waals surface area (Å²) in [6, 6.07) is 13.2. The van der Waals surface area contributed by atoms with Gasteiger partial charge in [-0.3, -0.25) is 0 Å². The molecule has 0 spiro atoms. The first-order valence-corrected chi connectivity index (χ1v) is 5.60. The zero-order valence-corrected chi connectivity index (χ0v) is 11.0. The summed E-state index contributed by atoms with van der Waals surface area (Å²) in [7, 11) is 0. The molecule has 0 unspecified atom stereocenters. The van der Waals surface area contributed by atoms with Gasteiger partial charge in [0.15, 0.2) is 6.21 Å². The number of para-hydroxylation sites is 1.